The molecule has 0 aliphatic rings. The first-order chi connectivity index (χ1) is 8.93. The quantitative estimate of drug-likeness (QED) is 0.817. The lowest BCUT2D eigenvalue weighted by molar-refractivity contribution is -0.116. The number of hydrogen-bond donors (Lipinski definition) is 2. The van der Waals surface area contributed by atoms with Crippen LogP contribution in [0.1, 0.15) is 30.1 Å². The summed E-state index contributed by atoms with van der Waals surface area (Å²) in [5, 5.41) is 2.92. The molecule has 1 amide bonds. The Balaban J connectivity index is 0.00000361. The Kier molecular flexibility index (Phi) is 8.22. The van der Waals surface area contributed by atoms with Crippen LogP contribution in [0.2, 0.25) is 5.02 Å². The molecule has 112 valence electrons. The van der Waals surface area contributed by atoms with E-state index in [0.29, 0.717) is 18.5 Å². The lowest BCUT2D eigenvalue weighted by Gasteiger charge is -2.08. The summed E-state index contributed by atoms with van der Waals surface area (Å²) in [6.07, 6.45) is 0.952. The number of hydrogen-bond acceptors (Lipinski definition) is 4. The molecule has 0 saturated heterocycles. The lowest BCUT2D eigenvalue weighted by Crippen LogP contribution is -2.19. The van der Waals surface area contributed by atoms with Crippen molar-refractivity contribution < 1.29 is 14.3 Å². The Labute approximate surface area is 129 Å². The zero-order valence-corrected chi connectivity index (χ0v) is 12.9. The van der Waals surface area contributed by atoms with E-state index in [1.807, 2.05) is 6.92 Å². The highest BCUT2D eigenvalue weighted by Gasteiger charge is 2.12. The smallest absolute Gasteiger partial charge is 0.339 e. The minimum absolute atomic E-state index is 0. The summed E-state index contributed by atoms with van der Waals surface area (Å²) in [5.74, 6) is -0.654. The molecule has 7 heteroatoms. The van der Waals surface area contributed by atoms with Crippen LogP contribution in [0, 0.1) is 0 Å². The van der Waals surface area contributed by atoms with E-state index in [2.05, 4.69) is 10.1 Å². The number of rotatable bonds is 5. The fraction of sp³-hybridized carbons (Fsp3) is 0.385. The van der Waals surface area contributed by atoms with E-state index in [1.54, 1.807) is 6.07 Å². The SMILES string of the molecule is COC(=O)c1ccc(NC(=O)CCC(C)N)cc1Cl.Cl. The lowest BCUT2D eigenvalue weighted by atomic mass is 10.1. The van der Waals surface area contributed by atoms with Crippen LogP contribution in [-0.4, -0.2) is 25.0 Å². The van der Waals surface area contributed by atoms with Gasteiger partial charge < -0.3 is 15.8 Å². The summed E-state index contributed by atoms with van der Waals surface area (Å²) in [4.78, 5) is 22.9. The van der Waals surface area contributed by atoms with Crippen molar-refractivity contribution in [3.63, 3.8) is 0 Å². The zero-order valence-electron chi connectivity index (χ0n) is 11.3. The van der Waals surface area contributed by atoms with Crippen molar-refractivity contribution >= 4 is 41.6 Å². The van der Waals surface area contributed by atoms with Crippen molar-refractivity contribution in [2.75, 3.05) is 12.4 Å². The maximum absolute atomic E-state index is 11.6. The molecule has 5 nitrogen and oxygen atoms in total. The number of ether oxygens (including phenoxy) is 1. The van der Waals surface area contributed by atoms with Crippen LogP contribution < -0.4 is 11.1 Å². The maximum atomic E-state index is 11.6. The molecule has 1 unspecified atom stereocenters. The van der Waals surface area contributed by atoms with Crippen molar-refractivity contribution in [3.05, 3.63) is 28.8 Å². The van der Waals surface area contributed by atoms with Crippen LogP contribution in [-0.2, 0) is 9.53 Å². The molecule has 1 aromatic rings. The number of esters is 1. The average Bonchev–Trinajstić information content (AvgIpc) is 2.35. The predicted molar refractivity (Wildman–Crippen MR) is 81.6 cm³/mol. The van der Waals surface area contributed by atoms with Gasteiger partial charge in [-0.3, -0.25) is 4.79 Å². The Morgan fingerprint density at radius 1 is 1.45 bits per heavy atom. The molecule has 0 aliphatic carbocycles. The van der Waals surface area contributed by atoms with Crippen LogP contribution in [0.3, 0.4) is 0 Å². The second-order valence-corrected chi connectivity index (χ2v) is 4.66. The number of anilines is 1. The monoisotopic (exact) mass is 320 g/mol. The molecule has 0 spiro atoms. The van der Waals surface area contributed by atoms with Crippen LogP contribution >= 0.6 is 24.0 Å². The standard InChI is InChI=1S/C13H17ClN2O3.ClH/c1-8(15)3-6-12(17)16-9-4-5-10(11(14)7-9)13(18)19-2;/h4-5,7-8H,3,6,15H2,1-2H3,(H,16,17);1H. The number of methoxy groups -OCH3 is 1. The average molecular weight is 321 g/mol. The van der Waals surface area contributed by atoms with Gasteiger partial charge in [0, 0.05) is 18.2 Å². The van der Waals surface area contributed by atoms with E-state index in [9.17, 15) is 9.59 Å². The number of benzene rings is 1. The van der Waals surface area contributed by atoms with E-state index in [1.165, 1.54) is 19.2 Å². The fourth-order valence-corrected chi connectivity index (χ4v) is 1.71. The van der Waals surface area contributed by atoms with Crippen LogP contribution in [0.25, 0.3) is 0 Å². The second kappa shape index (κ2) is 8.79. The van der Waals surface area contributed by atoms with Gasteiger partial charge in [0.2, 0.25) is 5.91 Å². The first-order valence-electron chi connectivity index (χ1n) is 5.87. The normalized spacial score (nSPS) is 11.2. The summed E-state index contributed by atoms with van der Waals surface area (Å²) in [5.41, 5.74) is 6.37. The number of carbonyl (C=O) groups excluding carboxylic acids is 2. The van der Waals surface area contributed by atoms with Crippen molar-refractivity contribution in [2.45, 2.75) is 25.8 Å². The third-order valence-corrected chi connectivity index (χ3v) is 2.80. The van der Waals surface area contributed by atoms with E-state index < -0.39 is 5.97 Å². The Bertz CT molecular complexity index is 479. The van der Waals surface area contributed by atoms with E-state index in [-0.39, 0.29) is 34.9 Å². The summed E-state index contributed by atoms with van der Waals surface area (Å²) in [6, 6.07) is 4.60. The van der Waals surface area contributed by atoms with Gasteiger partial charge in [-0.15, -0.1) is 12.4 Å². The molecule has 0 fully saturated rings. The summed E-state index contributed by atoms with van der Waals surface area (Å²) < 4.78 is 4.58. The van der Waals surface area contributed by atoms with Gasteiger partial charge in [-0.1, -0.05) is 11.6 Å². The van der Waals surface area contributed by atoms with Gasteiger partial charge in [0.1, 0.15) is 0 Å². The molecule has 3 N–H and O–H groups in total. The molecular formula is C13H18Cl2N2O3. The van der Waals surface area contributed by atoms with Crippen molar-refractivity contribution in [1.82, 2.24) is 0 Å². The van der Waals surface area contributed by atoms with Crippen LogP contribution in [0.4, 0.5) is 5.69 Å². The van der Waals surface area contributed by atoms with Crippen molar-refractivity contribution in [1.29, 1.82) is 0 Å². The number of amides is 1. The second-order valence-electron chi connectivity index (χ2n) is 4.25. The third kappa shape index (κ3) is 5.77. The van der Waals surface area contributed by atoms with Gasteiger partial charge in [0.25, 0.3) is 0 Å². The summed E-state index contributed by atoms with van der Waals surface area (Å²) >= 11 is 5.94. The van der Waals surface area contributed by atoms with Gasteiger partial charge in [-0.2, -0.15) is 0 Å². The molecule has 0 radical (unpaired) electrons. The van der Waals surface area contributed by atoms with Gasteiger partial charge in [0.05, 0.1) is 17.7 Å². The molecule has 1 rings (SSSR count). The molecule has 0 aliphatic heterocycles. The Morgan fingerprint density at radius 3 is 2.60 bits per heavy atom. The molecule has 0 aromatic heterocycles. The minimum Gasteiger partial charge on any atom is -0.465 e. The van der Waals surface area contributed by atoms with Gasteiger partial charge >= 0.3 is 5.97 Å². The highest BCUT2D eigenvalue weighted by Crippen LogP contribution is 2.21. The van der Waals surface area contributed by atoms with Crippen LogP contribution in [0.15, 0.2) is 18.2 Å². The minimum atomic E-state index is -0.514. The topological polar surface area (TPSA) is 81.4 Å². The highest BCUT2D eigenvalue weighted by atomic mass is 35.5. The Hall–Kier alpha value is -1.30. The molecule has 1 atom stereocenters. The number of carbonyl (C=O) groups is 2. The molecule has 0 bridgehead atoms. The largest absolute Gasteiger partial charge is 0.465 e. The Morgan fingerprint density at radius 2 is 2.10 bits per heavy atom. The highest BCUT2D eigenvalue weighted by molar-refractivity contribution is 6.33. The first kappa shape index (κ1) is 18.7. The third-order valence-electron chi connectivity index (χ3n) is 2.48. The van der Waals surface area contributed by atoms with Gasteiger partial charge in [-0.05, 0) is 31.5 Å². The predicted octanol–water partition coefficient (Wildman–Crippen LogP) is 2.61. The number of halogens is 2. The van der Waals surface area contributed by atoms with Gasteiger partial charge in [0.15, 0.2) is 0 Å². The van der Waals surface area contributed by atoms with Gasteiger partial charge in [-0.25, -0.2) is 4.79 Å². The number of nitrogens with two attached hydrogens (primary N) is 1. The molecular weight excluding hydrogens is 303 g/mol. The first-order valence-corrected chi connectivity index (χ1v) is 6.25. The fourth-order valence-electron chi connectivity index (χ4n) is 1.45. The van der Waals surface area contributed by atoms with E-state index >= 15 is 0 Å². The van der Waals surface area contributed by atoms with Crippen LogP contribution in [0.5, 0.6) is 0 Å². The van der Waals surface area contributed by atoms with E-state index in [4.69, 9.17) is 17.3 Å². The zero-order chi connectivity index (χ0) is 14.4. The molecule has 1 aromatic carbocycles. The van der Waals surface area contributed by atoms with Crippen molar-refractivity contribution in [2.24, 2.45) is 5.73 Å². The molecule has 0 saturated carbocycles. The van der Waals surface area contributed by atoms with E-state index in [0.717, 1.165) is 0 Å². The maximum Gasteiger partial charge on any atom is 0.339 e. The number of nitrogens with one attached hydrogen (secondary N) is 1. The van der Waals surface area contributed by atoms with Crippen molar-refractivity contribution in [3.8, 4) is 0 Å². The summed E-state index contributed by atoms with van der Waals surface area (Å²) in [6.45, 7) is 1.84. The molecule has 0 heterocycles. The molecule has 20 heavy (non-hydrogen) atoms. The summed E-state index contributed by atoms with van der Waals surface area (Å²) in [7, 11) is 1.28.